The molecule has 0 aromatic rings. The SMILES string of the molecule is CCCCCC/C=C/CCCC[C@@H](O)[C@H](COP(=O)(O)OCC[N+](C)(C)C)NC(=O)CCCCCCCCCCCCCCCCCCCCCCCCC. The number of nitrogens with one attached hydrogen (secondary N) is 1. The monoisotopic (exact) mass is 802 g/mol. The van der Waals surface area contributed by atoms with Crippen LogP contribution >= 0.6 is 7.82 Å². The average molecular weight is 802 g/mol. The van der Waals surface area contributed by atoms with E-state index in [-0.39, 0.29) is 19.1 Å². The molecule has 0 spiro atoms. The molecule has 0 saturated heterocycles. The van der Waals surface area contributed by atoms with E-state index in [9.17, 15) is 19.4 Å². The Morgan fingerprint density at radius 1 is 0.600 bits per heavy atom. The van der Waals surface area contributed by atoms with Gasteiger partial charge in [-0.1, -0.05) is 193 Å². The van der Waals surface area contributed by atoms with Crippen LogP contribution < -0.4 is 5.32 Å². The minimum atomic E-state index is -4.31. The quantitative estimate of drug-likeness (QED) is 0.0245. The fourth-order valence-corrected chi connectivity index (χ4v) is 7.72. The van der Waals surface area contributed by atoms with E-state index in [4.69, 9.17) is 9.05 Å². The first-order chi connectivity index (χ1) is 26.5. The maximum Gasteiger partial charge on any atom is 0.472 e. The highest BCUT2D eigenvalue weighted by Gasteiger charge is 2.28. The van der Waals surface area contributed by atoms with Gasteiger partial charge in [-0.15, -0.1) is 0 Å². The lowest BCUT2D eigenvalue weighted by molar-refractivity contribution is -0.870. The normalized spacial score (nSPS) is 14.4. The summed E-state index contributed by atoms with van der Waals surface area (Å²) in [4.78, 5) is 23.1. The van der Waals surface area contributed by atoms with Crippen molar-refractivity contribution in [2.45, 2.75) is 238 Å². The van der Waals surface area contributed by atoms with Gasteiger partial charge in [0.2, 0.25) is 5.91 Å². The highest BCUT2D eigenvalue weighted by Crippen LogP contribution is 2.43. The average Bonchev–Trinajstić information content (AvgIpc) is 3.13. The zero-order chi connectivity index (χ0) is 40.7. The number of carbonyl (C=O) groups excluding carboxylic acids is 1. The second kappa shape index (κ2) is 38.7. The van der Waals surface area contributed by atoms with Gasteiger partial charge in [0.05, 0.1) is 39.9 Å². The van der Waals surface area contributed by atoms with Crippen LogP contribution in [0.25, 0.3) is 0 Å². The fourth-order valence-electron chi connectivity index (χ4n) is 6.98. The minimum Gasteiger partial charge on any atom is -0.391 e. The predicted molar refractivity (Wildman–Crippen MR) is 235 cm³/mol. The maximum absolute atomic E-state index is 12.9. The lowest BCUT2D eigenvalue weighted by Gasteiger charge is -2.26. The number of aliphatic hydroxyl groups is 1. The van der Waals surface area contributed by atoms with E-state index in [1.165, 1.54) is 154 Å². The van der Waals surface area contributed by atoms with Gasteiger partial charge in [0.15, 0.2) is 0 Å². The molecule has 3 atom stereocenters. The molecule has 0 heterocycles. The van der Waals surface area contributed by atoms with Crippen LogP contribution in [0.5, 0.6) is 0 Å². The van der Waals surface area contributed by atoms with Gasteiger partial charge >= 0.3 is 7.82 Å². The van der Waals surface area contributed by atoms with Gasteiger partial charge in [-0.3, -0.25) is 13.8 Å². The Labute approximate surface area is 342 Å². The van der Waals surface area contributed by atoms with Crippen molar-refractivity contribution in [3.63, 3.8) is 0 Å². The molecule has 0 fully saturated rings. The predicted octanol–water partition coefficient (Wildman–Crippen LogP) is 13.1. The first-order valence-electron chi connectivity index (χ1n) is 23.6. The first-order valence-corrected chi connectivity index (χ1v) is 25.0. The number of likely N-dealkylation sites (N-methyl/N-ethyl adjacent to an activating group) is 1. The number of aliphatic hydroxyl groups excluding tert-OH is 1. The number of hydrogen-bond donors (Lipinski definition) is 3. The van der Waals surface area contributed by atoms with Crippen molar-refractivity contribution in [2.75, 3.05) is 40.9 Å². The molecular formula is C46H94N2O6P+. The van der Waals surface area contributed by atoms with Gasteiger partial charge in [0.25, 0.3) is 0 Å². The third-order valence-electron chi connectivity index (χ3n) is 10.8. The van der Waals surface area contributed by atoms with E-state index < -0.39 is 20.0 Å². The third-order valence-corrected chi connectivity index (χ3v) is 11.7. The van der Waals surface area contributed by atoms with Crippen molar-refractivity contribution in [3.05, 3.63) is 12.2 Å². The Balaban J connectivity index is 4.14. The topological polar surface area (TPSA) is 105 Å². The molecule has 0 aliphatic rings. The largest absolute Gasteiger partial charge is 0.472 e. The minimum absolute atomic E-state index is 0.0719. The number of unbranched alkanes of at least 4 members (excludes halogenated alkanes) is 28. The molecule has 0 bridgehead atoms. The Morgan fingerprint density at radius 2 is 0.982 bits per heavy atom. The molecule has 0 rings (SSSR count). The number of hydrogen-bond acceptors (Lipinski definition) is 5. The number of phosphoric acid groups is 1. The zero-order valence-electron chi connectivity index (χ0n) is 37.2. The van der Waals surface area contributed by atoms with Crippen molar-refractivity contribution in [3.8, 4) is 0 Å². The summed E-state index contributed by atoms with van der Waals surface area (Å²) in [6.07, 6.45) is 44.0. The summed E-state index contributed by atoms with van der Waals surface area (Å²) in [7, 11) is 1.61. The molecule has 0 aromatic heterocycles. The highest BCUT2D eigenvalue weighted by molar-refractivity contribution is 7.47. The van der Waals surface area contributed by atoms with Crippen LogP contribution in [0.4, 0.5) is 0 Å². The molecule has 0 aromatic carbocycles. The molecule has 0 radical (unpaired) electrons. The molecular weight excluding hydrogens is 707 g/mol. The molecule has 0 aliphatic carbocycles. The molecule has 0 saturated carbocycles. The number of allylic oxidation sites excluding steroid dienone is 2. The van der Waals surface area contributed by atoms with Gasteiger partial charge < -0.3 is 19.8 Å². The maximum atomic E-state index is 12.9. The summed E-state index contributed by atoms with van der Waals surface area (Å²) in [5.74, 6) is -0.152. The Kier molecular flexibility index (Phi) is 38.2. The first kappa shape index (κ1) is 54.2. The van der Waals surface area contributed by atoms with Crippen molar-refractivity contribution in [2.24, 2.45) is 0 Å². The van der Waals surface area contributed by atoms with Gasteiger partial charge in [0.1, 0.15) is 13.2 Å². The van der Waals surface area contributed by atoms with Crippen LogP contribution in [-0.2, 0) is 18.4 Å². The Hall–Kier alpha value is -0.760. The number of phosphoric ester groups is 1. The number of rotatable bonds is 43. The number of nitrogens with zero attached hydrogens (tertiary/aromatic N) is 1. The Morgan fingerprint density at radius 3 is 1.40 bits per heavy atom. The van der Waals surface area contributed by atoms with E-state index in [2.05, 4.69) is 31.3 Å². The summed E-state index contributed by atoms with van der Waals surface area (Å²) in [6, 6.07) is -0.770. The number of amides is 1. The van der Waals surface area contributed by atoms with Crippen molar-refractivity contribution >= 4 is 13.7 Å². The summed E-state index contributed by atoms with van der Waals surface area (Å²) in [5.41, 5.74) is 0. The second-order valence-corrected chi connectivity index (χ2v) is 18.9. The zero-order valence-corrected chi connectivity index (χ0v) is 38.1. The molecule has 1 unspecified atom stereocenters. The molecule has 8 nitrogen and oxygen atoms in total. The van der Waals surface area contributed by atoms with Crippen LogP contribution in [-0.4, -0.2) is 73.4 Å². The molecule has 9 heteroatoms. The van der Waals surface area contributed by atoms with Crippen LogP contribution in [0.15, 0.2) is 12.2 Å². The van der Waals surface area contributed by atoms with Crippen LogP contribution in [0, 0.1) is 0 Å². The summed E-state index contributed by atoms with van der Waals surface area (Å²) in [6.45, 7) is 4.85. The van der Waals surface area contributed by atoms with Gasteiger partial charge in [-0.05, 0) is 38.5 Å². The number of quaternary nitrogens is 1. The van der Waals surface area contributed by atoms with E-state index in [1.807, 2.05) is 21.1 Å². The lowest BCUT2D eigenvalue weighted by Crippen LogP contribution is -2.46. The van der Waals surface area contributed by atoms with Crippen LogP contribution in [0.1, 0.15) is 226 Å². The molecule has 0 aliphatic heterocycles. The standard InChI is InChI=1S/C46H93N2O6P/c1-6-8-10-12-14-16-18-19-20-21-22-23-24-25-26-27-28-29-30-32-34-36-38-40-46(50)47-44(43-54-55(51,52)53-42-41-48(3,4)5)45(49)39-37-35-33-31-17-15-13-11-9-7-2/h17,31,44-45,49H,6-16,18-30,32-43H2,1-5H3,(H-,47,50,51,52)/p+1/b31-17+/t44-,45+/m0/s1. The van der Waals surface area contributed by atoms with Crippen LogP contribution in [0.2, 0.25) is 0 Å². The molecule has 3 N–H and O–H groups in total. The lowest BCUT2D eigenvalue weighted by atomic mass is 10.0. The molecule has 55 heavy (non-hydrogen) atoms. The van der Waals surface area contributed by atoms with E-state index in [0.29, 0.717) is 23.9 Å². The second-order valence-electron chi connectivity index (χ2n) is 17.5. The van der Waals surface area contributed by atoms with Crippen LogP contribution in [0.3, 0.4) is 0 Å². The summed E-state index contributed by atoms with van der Waals surface area (Å²) < 4.78 is 23.6. The van der Waals surface area contributed by atoms with Crippen molar-refractivity contribution < 1.29 is 32.9 Å². The molecule has 1 amide bonds. The van der Waals surface area contributed by atoms with Crippen molar-refractivity contribution in [1.82, 2.24) is 5.32 Å². The summed E-state index contributed by atoms with van der Waals surface area (Å²) >= 11 is 0. The molecule has 328 valence electrons. The number of carbonyl (C=O) groups is 1. The van der Waals surface area contributed by atoms with E-state index >= 15 is 0 Å². The smallest absolute Gasteiger partial charge is 0.391 e. The Bertz CT molecular complexity index is 911. The highest BCUT2D eigenvalue weighted by atomic mass is 31.2. The summed E-state index contributed by atoms with van der Waals surface area (Å²) in [5, 5.41) is 13.9. The third kappa shape index (κ3) is 41.2. The fraction of sp³-hybridized carbons (Fsp3) is 0.935. The van der Waals surface area contributed by atoms with Crippen molar-refractivity contribution in [1.29, 1.82) is 0 Å². The van der Waals surface area contributed by atoms with Gasteiger partial charge in [-0.25, -0.2) is 4.57 Å². The van der Waals surface area contributed by atoms with Gasteiger partial charge in [-0.2, -0.15) is 0 Å². The van der Waals surface area contributed by atoms with E-state index in [1.54, 1.807) is 0 Å². The van der Waals surface area contributed by atoms with E-state index in [0.717, 1.165) is 44.9 Å². The van der Waals surface area contributed by atoms with Gasteiger partial charge in [0, 0.05) is 6.42 Å².